The molecular weight excluding hydrogens is 214 g/mol. The average Bonchev–Trinajstić information content (AvgIpc) is 2.40. The lowest BCUT2D eigenvalue weighted by Crippen LogP contribution is -2.31. The first kappa shape index (κ1) is 12.0. The lowest BCUT2D eigenvalue weighted by atomic mass is 10.1. The molecule has 1 aliphatic heterocycles. The van der Waals surface area contributed by atoms with Crippen LogP contribution in [0.5, 0.6) is 0 Å². The van der Waals surface area contributed by atoms with E-state index in [-0.39, 0.29) is 0 Å². The van der Waals surface area contributed by atoms with E-state index in [2.05, 4.69) is 10.3 Å². The summed E-state index contributed by atoms with van der Waals surface area (Å²) in [6.07, 6.45) is 5.62. The summed E-state index contributed by atoms with van der Waals surface area (Å²) >= 11 is 0. The standard InChI is InChI=1S/C13H17N3O/c14-8-12-7-11(4-5-16-12)9-15-10-13-3-1-2-6-17-13/h4-5,7,13,15H,1-3,6,9-10H2. The van der Waals surface area contributed by atoms with Crippen molar-refractivity contribution in [2.24, 2.45) is 0 Å². The largest absolute Gasteiger partial charge is 0.377 e. The van der Waals surface area contributed by atoms with Gasteiger partial charge >= 0.3 is 0 Å². The molecule has 2 heterocycles. The lowest BCUT2D eigenvalue weighted by Gasteiger charge is -2.22. The van der Waals surface area contributed by atoms with E-state index < -0.39 is 0 Å². The van der Waals surface area contributed by atoms with E-state index in [1.165, 1.54) is 12.8 Å². The Balaban J connectivity index is 1.75. The van der Waals surface area contributed by atoms with Gasteiger partial charge in [0.05, 0.1) is 6.10 Å². The van der Waals surface area contributed by atoms with Crippen LogP contribution in [0.15, 0.2) is 18.3 Å². The fraction of sp³-hybridized carbons (Fsp3) is 0.538. The first-order valence-corrected chi connectivity index (χ1v) is 6.06. The number of nitrogens with one attached hydrogen (secondary N) is 1. The predicted octanol–water partition coefficient (Wildman–Crippen LogP) is 1.61. The summed E-state index contributed by atoms with van der Waals surface area (Å²) in [5.74, 6) is 0. The summed E-state index contributed by atoms with van der Waals surface area (Å²) in [4.78, 5) is 3.94. The van der Waals surface area contributed by atoms with Crippen molar-refractivity contribution in [3.63, 3.8) is 0 Å². The summed E-state index contributed by atoms with van der Waals surface area (Å²) < 4.78 is 5.63. The molecule has 0 aliphatic carbocycles. The Morgan fingerprint density at radius 3 is 3.24 bits per heavy atom. The molecule has 0 bridgehead atoms. The first-order chi connectivity index (χ1) is 8.38. The zero-order valence-corrected chi connectivity index (χ0v) is 9.85. The highest BCUT2D eigenvalue weighted by atomic mass is 16.5. The van der Waals surface area contributed by atoms with Crippen molar-refractivity contribution in [2.45, 2.75) is 31.9 Å². The van der Waals surface area contributed by atoms with Crippen LogP contribution in [0.25, 0.3) is 0 Å². The number of pyridine rings is 1. The molecule has 0 aromatic carbocycles. The molecule has 1 fully saturated rings. The minimum atomic E-state index is 0.348. The molecule has 0 amide bonds. The van der Waals surface area contributed by atoms with Gasteiger partial charge in [-0.3, -0.25) is 0 Å². The van der Waals surface area contributed by atoms with Crippen molar-refractivity contribution in [1.82, 2.24) is 10.3 Å². The molecule has 2 rings (SSSR count). The number of ether oxygens (including phenoxy) is 1. The van der Waals surface area contributed by atoms with Crippen LogP contribution >= 0.6 is 0 Å². The van der Waals surface area contributed by atoms with Gasteiger partial charge < -0.3 is 10.1 Å². The van der Waals surface area contributed by atoms with E-state index in [9.17, 15) is 0 Å². The summed E-state index contributed by atoms with van der Waals surface area (Å²) in [7, 11) is 0. The number of nitriles is 1. The fourth-order valence-corrected chi connectivity index (χ4v) is 1.99. The number of nitrogens with zero attached hydrogens (tertiary/aromatic N) is 2. The SMILES string of the molecule is N#Cc1cc(CNCC2CCCCO2)ccn1. The normalized spacial score (nSPS) is 19.8. The Morgan fingerprint density at radius 1 is 1.53 bits per heavy atom. The van der Waals surface area contributed by atoms with E-state index in [0.29, 0.717) is 11.8 Å². The van der Waals surface area contributed by atoms with Crippen molar-refractivity contribution >= 4 is 0 Å². The highest BCUT2D eigenvalue weighted by Crippen LogP contribution is 2.11. The smallest absolute Gasteiger partial charge is 0.140 e. The molecule has 1 N–H and O–H groups in total. The van der Waals surface area contributed by atoms with Crippen LogP contribution < -0.4 is 5.32 Å². The van der Waals surface area contributed by atoms with Crippen molar-refractivity contribution in [1.29, 1.82) is 5.26 Å². The Bertz CT molecular complexity index is 394. The minimum absolute atomic E-state index is 0.348. The monoisotopic (exact) mass is 231 g/mol. The van der Waals surface area contributed by atoms with Gasteiger partial charge in [-0.1, -0.05) is 0 Å². The molecule has 0 saturated carbocycles. The molecule has 1 saturated heterocycles. The van der Waals surface area contributed by atoms with Crippen LogP contribution in [0.2, 0.25) is 0 Å². The average molecular weight is 231 g/mol. The zero-order chi connectivity index (χ0) is 11.9. The maximum Gasteiger partial charge on any atom is 0.140 e. The van der Waals surface area contributed by atoms with E-state index in [1.54, 1.807) is 6.20 Å². The molecule has 4 heteroatoms. The van der Waals surface area contributed by atoms with Gasteiger partial charge in [-0.25, -0.2) is 4.98 Å². The maximum atomic E-state index is 8.74. The van der Waals surface area contributed by atoms with Gasteiger partial charge in [0.15, 0.2) is 0 Å². The molecular formula is C13H17N3O. The van der Waals surface area contributed by atoms with Gasteiger partial charge in [0.2, 0.25) is 0 Å². The van der Waals surface area contributed by atoms with Gasteiger partial charge in [-0.15, -0.1) is 0 Å². The van der Waals surface area contributed by atoms with E-state index >= 15 is 0 Å². The van der Waals surface area contributed by atoms with Crippen LogP contribution in [0, 0.1) is 11.3 Å². The third-order valence-electron chi connectivity index (χ3n) is 2.91. The third kappa shape index (κ3) is 3.81. The molecule has 0 radical (unpaired) electrons. The fourth-order valence-electron chi connectivity index (χ4n) is 1.99. The molecule has 4 nitrogen and oxygen atoms in total. The first-order valence-electron chi connectivity index (χ1n) is 6.06. The van der Waals surface area contributed by atoms with Crippen molar-refractivity contribution < 1.29 is 4.74 Å². The maximum absolute atomic E-state index is 8.74. The van der Waals surface area contributed by atoms with Gasteiger partial charge in [0, 0.05) is 25.9 Å². The lowest BCUT2D eigenvalue weighted by molar-refractivity contribution is 0.0168. The molecule has 90 valence electrons. The van der Waals surface area contributed by atoms with Crippen molar-refractivity contribution in [2.75, 3.05) is 13.2 Å². The second-order valence-corrected chi connectivity index (χ2v) is 4.28. The topological polar surface area (TPSA) is 57.9 Å². The highest BCUT2D eigenvalue weighted by Gasteiger charge is 2.12. The van der Waals surface area contributed by atoms with Crippen LogP contribution in [0.4, 0.5) is 0 Å². The number of hydrogen-bond donors (Lipinski definition) is 1. The Morgan fingerprint density at radius 2 is 2.47 bits per heavy atom. The predicted molar refractivity (Wildman–Crippen MR) is 64.2 cm³/mol. The van der Waals surface area contributed by atoms with Gasteiger partial charge in [-0.2, -0.15) is 5.26 Å². The summed E-state index contributed by atoms with van der Waals surface area (Å²) in [5.41, 5.74) is 1.56. The van der Waals surface area contributed by atoms with E-state index in [4.69, 9.17) is 10.00 Å². The van der Waals surface area contributed by atoms with E-state index in [1.807, 2.05) is 18.2 Å². The summed E-state index contributed by atoms with van der Waals surface area (Å²) in [5, 5.41) is 12.1. The Kier molecular flexibility index (Phi) is 4.48. The number of aromatic nitrogens is 1. The molecule has 17 heavy (non-hydrogen) atoms. The van der Waals surface area contributed by atoms with Crippen LogP contribution in [-0.2, 0) is 11.3 Å². The van der Waals surface area contributed by atoms with Gasteiger partial charge in [-0.05, 0) is 37.0 Å². The van der Waals surface area contributed by atoms with Crippen LogP contribution in [0.3, 0.4) is 0 Å². The van der Waals surface area contributed by atoms with Gasteiger partial charge in [0.1, 0.15) is 11.8 Å². The molecule has 1 atom stereocenters. The van der Waals surface area contributed by atoms with Crippen LogP contribution in [-0.4, -0.2) is 24.2 Å². The third-order valence-corrected chi connectivity index (χ3v) is 2.91. The Labute approximate surface area is 102 Å². The molecule has 0 spiro atoms. The molecule has 1 unspecified atom stereocenters. The molecule has 1 aromatic heterocycles. The molecule has 1 aliphatic rings. The number of hydrogen-bond acceptors (Lipinski definition) is 4. The molecule has 1 aromatic rings. The highest BCUT2D eigenvalue weighted by molar-refractivity contribution is 5.25. The van der Waals surface area contributed by atoms with Crippen LogP contribution in [0.1, 0.15) is 30.5 Å². The zero-order valence-electron chi connectivity index (χ0n) is 9.85. The summed E-state index contributed by atoms with van der Waals surface area (Å²) in [6.45, 7) is 2.53. The quantitative estimate of drug-likeness (QED) is 0.855. The second-order valence-electron chi connectivity index (χ2n) is 4.28. The van der Waals surface area contributed by atoms with Crippen molar-refractivity contribution in [3.05, 3.63) is 29.6 Å². The second kappa shape index (κ2) is 6.33. The van der Waals surface area contributed by atoms with Crippen molar-refractivity contribution in [3.8, 4) is 6.07 Å². The minimum Gasteiger partial charge on any atom is -0.377 e. The Hall–Kier alpha value is -1.44. The van der Waals surface area contributed by atoms with E-state index in [0.717, 1.165) is 31.7 Å². The number of rotatable bonds is 4. The van der Waals surface area contributed by atoms with Gasteiger partial charge in [0.25, 0.3) is 0 Å². The summed E-state index contributed by atoms with van der Waals surface area (Å²) in [6, 6.07) is 5.78.